The van der Waals surface area contributed by atoms with Crippen molar-refractivity contribution in [3.8, 4) is 5.75 Å². The Bertz CT molecular complexity index is 697. The summed E-state index contributed by atoms with van der Waals surface area (Å²) in [6, 6.07) is 3.73. The number of hydrogen-bond acceptors (Lipinski definition) is 6. The Balaban J connectivity index is 1.49. The van der Waals surface area contributed by atoms with Crippen LogP contribution in [0.15, 0.2) is 43.1 Å². The molecule has 1 saturated heterocycles. The summed E-state index contributed by atoms with van der Waals surface area (Å²) in [6.45, 7) is 1.07. The highest BCUT2D eigenvalue weighted by Gasteiger charge is 2.46. The molecule has 2 aliphatic rings. The lowest BCUT2D eigenvalue weighted by molar-refractivity contribution is -0.0787. The predicted octanol–water partition coefficient (Wildman–Crippen LogP) is 1.32. The highest BCUT2D eigenvalue weighted by atomic mass is 16.5. The van der Waals surface area contributed by atoms with Crippen molar-refractivity contribution in [3.63, 3.8) is 0 Å². The Morgan fingerprint density at radius 2 is 2.12 bits per heavy atom. The van der Waals surface area contributed by atoms with E-state index < -0.39 is 0 Å². The number of carbonyl (C=O) groups is 1. The molecule has 2 aromatic rings. The van der Waals surface area contributed by atoms with E-state index >= 15 is 0 Å². The van der Waals surface area contributed by atoms with Gasteiger partial charge in [-0.15, -0.1) is 0 Å². The average molecular weight is 326 g/mol. The summed E-state index contributed by atoms with van der Waals surface area (Å²) in [5.41, 5.74) is 0.370. The third kappa shape index (κ3) is 2.82. The lowest BCUT2D eigenvalue weighted by atomic mass is 10.1. The summed E-state index contributed by atoms with van der Waals surface area (Å²) in [4.78, 5) is 26.7. The molecule has 1 aliphatic heterocycles. The number of pyridine rings is 1. The van der Waals surface area contributed by atoms with E-state index in [2.05, 4.69) is 15.0 Å². The molecule has 1 amide bonds. The number of carbonyl (C=O) groups excluding carboxylic acids is 1. The summed E-state index contributed by atoms with van der Waals surface area (Å²) in [5.74, 6) is 0.632. The zero-order valence-corrected chi connectivity index (χ0v) is 13.1. The number of morpholine rings is 1. The molecule has 2 aromatic heterocycles. The second-order valence-corrected chi connectivity index (χ2v) is 5.91. The molecule has 1 aliphatic carbocycles. The number of amides is 1. The van der Waals surface area contributed by atoms with Gasteiger partial charge in [0.05, 0.1) is 25.0 Å². The Hall–Kier alpha value is -2.54. The molecule has 4 rings (SSSR count). The minimum atomic E-state index is -0.125. The highest BCUT2D eigenvalue weighted by Crippen LogP contribution is 2.33. The maximum absolute atomic E-state index is 12.7. The molecule has 2 fully saturated rings. The number of fused-ring (bicyclic) bond motifs is 1. The second kappa shape index (κ2) is 6.52. The fraction of sp³-hybridized carbons (Fsp3) is 0.412. The van der Waals surface area contributed by atoms with Crippen LogP contribution in [0, 0.1) is 0 Å². The van der Waals surface area contributed by atoms with E-state index in [4.69, 9.17) is 9.47 Å². The molecule has 24 heavy (non-hydrogen) atoms. The van der Waals surface area contributed by atoms with E-state index in [1.54, 1.807) is 18.6 Å². The summed E-state index contributed by atoms with van der Waals surface area (Å²) in [5, 5.41) is 0. The maximum Gasteiger partial charge on any atom is 0.274 e. The molecule has 0 bridgehead atoms. The fourth-order valence-corrected chi connectivity index (χ4v) is 3.44. The van der Waals surface area contributed by atoms with Gasteiger partial charge >= 0.3 is 0 Å². The summed E-state index contributed by atoms with van der Waals surface area (Å²) in [7, 11) is 0. The van der Waals surface area contributed by atoms with Crippen LogP contribution in [0.1, 0.15) is 23.3 Å². The van der Waals surface area contributed by atoms with Crippen molar-refractivity contribution in [2.45, 2.75) is 31.1 Å². The van der Waals surface area contributed by atoms with Crippen LogP contribution in [-0.4, -0.2) is 57.2 Å². The third-order valence-electron chi connectivity index (χ3n) is 4.50. The van der Waals surface area contributed by atoms with E-state index in [1.165, 1.54) is 12.4 Å². The van der Waals surface area contributed by atoms with Gasteiger partial charge in [0.1, 0.15) is 23.7 Å². The Morgan fingerprint density at radius 1 is 1.21 bits per heavy atom. The van der Waals surface area contributed by atoms with E-state index in [-0.39, 0.29) is 24.2 Å². The first kappa shape index (κ1) is 15.0. The normalized spacial score (nSPS) is 26.0. The van der Waals surface area contributed by atoms with Crippen molar-refractivity contribution in [1.82, 2.24) is 19.9 Å². The molecule has 0 N–H and O–H groups in total. The van der Waals surface area contributed by atoms with Gasteiger partial charge in [-0.1, -0.05) is 0 Å². The van der Waals surface area contributed by atoms with Crippen molar-refractivity contribution in [2.75, 3.05) is 13.2 Å². The summed E-state index contributed by atoms with van der Waals surface area (Å²) < 4.78 is 12.0. The van der Waals surface area contributed by atoms with Gasteiger partial charge in [0, 0.05) is 25.1 Å². The molecule has 3 heterocycles. The zero-order valence-electron chi connectivity index (χ0n) is 13.1. The van der Waals surface area contributed by atoms with Gasteiger partial charge in [-0.25, -0.2) is 4.98 Å². The minimum absolute atomic E-state index is 0.00919. The molecule has 7 heteroatoms. The van der Waals surface area contributed by atoms with Gasteiger partial charge in [-0.3, -0.25) is 14.8 Å². The molecular formula is C17H18N4O3. The predicted molar refractivity (Wildman–Crippen MR) is 84.5 cm³/mol. The van der Waals surface area contributed by atoms with Crippen LogP contribution in [-0.2, 0) is 4.74 Å². The van der Waals surface area contributed by atoms with Crippen LogP contribution in [0.25, 0.3) is 0 Å². The quantitative estimate of drug-likeness (QED) is 0.847. The zero-order chi connectivity index (χ0) is 16.4. The maximum atomic E-state index is 12.7. The van der Waals surface area contributed by atoms with Gasteiger partial charge in [0.2, 0.25) is 0 Å². The lowest BCUT2D eigenvalue weighted by Gasteiger charge is -2.38. The first-order valence-corrected chi connectivity index (χ1v) is 8.08. The fourth-order valence-electron chi connectivity index (χ4n) is 3.44. The molecule has 3 atom stereocenters. The molecule has 0 spiro atoms. The molecule has 0 radical (unpaired) electrons. The number of nitrogens with zero attached hydrogens (tertiary/aromatic N) is 4. The van der Waals surface area contributed by atoms with Crippen molar-refractivity contribution >= 4 is 5.91 Å². The van der Waals surface area contributed by atoms with Crippen molar-refractivity contribution in [3.05, 3.63) is 48.8 Å². The van der Waals surface area contributed by atoms with Gasteiger partial charge < -0.3 is 14.4 Å². The largest absolute Gasteiger partial charge is 0.486 e. The molecule has 124 valence electrons. The molecule has 0 unspecified atom stereocenters. The molecule has 1 saturated carbocycles. The van der Waals surface area contributed by atoms with E-state index in [1.807, 2.05) is 17.0 Å². The first-order chi connectivity index (χ1) is 11.8. The van der Waals surface area contributed by atoms with E-state index in [0.717, 1.165) is 18.6 Å². The first-order valence-electron chi connectivity index (χ1n) is 8.08. The monoisotopic (exact) mass is 326 g/mol. The van der Waals surface area contributed by atoms with Gasteiger partial charge in [0.15, 0.2) is 0 Å². The van der Waals surface area contributed by atoms with Crippen LogP contribution in [0.4, 0.5) is 0 Å². The average Bonchev–Trinajstić information content (AvgIpc) is 3.06. The van der Waals surface area contributed by atoms with Crippen LogP contribution in [0.2, 0.25) is 0 Å². The minimum Gasteiger partial charge on any atom is -0.486 e. The highest BCUT2D eigenvalue weighted by molar-refractivity contribution is 5.92. The number of aromatic nitrogens is 3. The number of ether oxygens (including phenoxy) is 2. The van der Waals surface area contributed by atoms with Gasteiger partial charge in [-0.05, 0) is 25.0 Å². The van der Waals surface area contributed by atoms with Crippen molar-refractivity contribution < 1.29 is 14.3 Å². The summed E-state index contributed by atoms with van der Waals surface area (Å²) in [6.07, 6.45) is 9.50. The van der Waals surface area contributed by atoms with Crippen LogP contribution in [0.5, 0.6) is 5.75 Å². The number of rotatable bonds is 3. The molecule has 0 aromatic carbocycles. The Morgan fingerprint density at radius 3 is 2.92 bits per heavy atom. The van der Waals surface area contributed by atoms with Crippen molar-refractivity contribution in [2.24, 2.45) is 0 Å². The van der Waals surface area contributed by atoms with Gasteiger partial charge in [0.25, 0.3) is 5.91 Å². The van der Waals surface area contributed by atoms with Gasteiger partial charge in [-0.2, -0.15) is 0 Å². The van der Waals surface area contributed by atoms with Crippen LogP contribution >= 0.6 is 0 Å². The smallest absolute Gasteiger partial charge is 0.274 e. The lowest BCUT2D eigenvalue weighted by Crippen LogP contribution is -2.54. The standard InChI is InChI=1S/C17H18N4O3/c22-17(13-11-19-6-7-20-13)21-8-9-23-16-14(21)3-4-15(16)24-12-2-1-5-18-10-12/h1-2,5-7,10-11,14-16H,3-4,8-9H2/t14-,15-,16+/m1/s1. The molecular weight excluding hydrogens is 308 g/mol. The topological polar surface area (TPSA) is 77.4 Å². The molecule has 7 nitrogen and oxygen atoms in total. The third-order valence-corrected chi connectivity index (χ3v) is 4.50. The van der Waals surface area contributed by atoms with Crippen LogP contribution < -0.4 is 4.74 Å². The van der Waals surface area contributed by atoms with E-state index in [9.17, 15) is 4.79 Å². The number of hydrogen-bond donors (Lipinski definition) is 0. The SMILES string of the molecule is O=C(c1cnccn1)N1CCO[C@H]2[C@H]1CC[C@H]2Oc1cccnc1. The summed E-state index contributed by atoms with van der Waals surface area (Å²) >= 11 is 0. The van der Waals surface area contributed by atoms with Crippen LogP contribution in [0.3, 0.4) is 0 Å². The Labute approximate surface area is 139 Å². The second-order valence-electron chi connectivity index (χ2n) is 5.91. The van der Waals surface area contributed by atoms with E-state index in [0.29, 0.717) is 18.8 Å². The van der Waals surface area contributed by atoms with Crippen molar-refractivity contribution in [1.29, 1.82) is 0 Å². The Kier molecular flexibility index (Phi) is 4.08.